The Kier molecular flexibility index (Phi) is 4.72. The molecule has 4 rings (SSSR count). The average Bonchev–Trinajstić information content (AvgIpc) is 2.99. The molecular weight excluding hydrogens is 378 g/mol. The molecule has 0 aromatic heterocycles. The Morgan fingerprint density at radius 1 is 1.07 bits per heavy atom. The number of nitriles is 3. The molecule has 2 heterocycles. The zero-order valence-corrected chi connectivity index (χ0v) is 17.3. The highest BCUT2D eigenvalue weighted by molar-refractivity contribution is 5.89. The predicted octanol–water partition coefficient (Wildman–Crippen LogP) is 4.04. The summed E-state index contributed by atoms with van der Waals surface area (Å²) in [7, 11) is 0. The molecule has 2 bridgehead atoms. The van der Waals surface area contributed by atoms with Crippen LogP contribution in [-0.4, -0.2) is 24.8 Å². The van der Waals surface area contributed by atoms with Gasteiger partial charge in [-0.25, -0.2) is 0 Å². The van der Waals surface area contributed by atoms with E-state index in [9.17, 15) is 15.8 Å². The fourth-order valence-electron chi connectivity index (χ4n) is 5.61. The van der Waals surface area contributed by atoms with Gasteiger partial charge < -0.3 is 14.4 Å². The van der Waals surface area contributed by atoms with Crippen LogP contribution in [0.1, 0.15) is 51.2 Å². The van der Waals surface area contributed by atoms with Crippen LogP contribution in [0, 0.1) is 56.2 Å². The summed E-state index contributed by atoms with van der Waals surface area (Å²) in [6.07, 6.45) is 1.87. The number of anilines is 1. The molecule has 154 valence electrons. The van der Waals surface area contributed by atoms with Crippen LogP contribution < -0.4 is 4.90 Å². The van der Waals surface area contributed by atoms with Crippen molar-refractivity contribution in [3.63, 3.8) is 0 Å². The van der Waals surface area contributed by atoms with E-state index in [1.165, 1.54) is 0 Å². The second kappa shape index (κ2) is 7.01. The maximum Gasteiger partial charge on any atom is 0.217 e. The summed E-state index contributed by atoms with van der Waals surface area (Å²) < 4.78 is 12.3. The molecule has 3 aliphatic rings. The van der Waals surface area contributed by atoms with Gasteiger partial charge in [0.2, 0.25) is 17.1 Å². The number of benzene rings is 1. The minimum atomic E-state index is -1.86. The van der Waals surface area contributed by atoms with E-state index in [1.54, 1.807) is 0 Å². The smallest absolute Gasteiger partial charge is 0.217 e. The fourth-order valence-corrected chi connectivity index (χ4v) is 5.61. The zero-order chi connectivity index (χ0) is 21.6. The number of hydrogen-bond acceptors (Lipinski definition) is 7. The van der Waals surface area contributed by atoms with Gasteiger partial charge in [-0.2, -0.15) is 15.8 Å². The lowest BCUT2D eigenvalue weighted by molar-refractivity contribution is -0.294. The van der Waals surface area contributed by atoms with Crippen molar-refractivity contribution in [2.75, 3.05) is 18.0 Å². The quantitative estimate of drug-likeness (QED) is 0.811. The molecule has 0 radical (unpaired) electrons. The highest BCUT2D eigenvalue weighted by Crippen LogP contribution is 2.69. The third-order valence-corrected chi connectivity index (χ3v) is 7.14. The van der Waals surface area contributed by atoms with Gasteiger partial charge in [0.05, 0.1) is 24.1 Å². The molecule has 4 unspecified atom stereocenters. The molecular formula is C23H25N5O2. The lowest BCUT2D eigenvalue weighted by atomic mass is 9.51. The molecule has 2 aliphatic heterocycles. The Morgan fingerprint density at radius 3 is 2.30 bits per heavy atom. The maximum atomic E-state index is 10.3. The van der Waals surface area contributed by atoms with Crippen molar-refractivity contribution in [2.24, 2.45) is 16.7 Å². The van der Waals surface area contributed by atoms with Crippen LogP contribution in [0.5, 0.6) is 0 Å². The molecule has 0 spiro atoms. The molecule has 0 amide bonds. The highest BCUT2D eigenvalue weighted by atomic mass is 16.7. The summed E-state index contributed by atoms with van der Waals surface area (Å²) in [5.74, 6) is -1.92. The van der Waals surface area contributed by atoms with Crippen molar-refractivity contribution >= 4 is 11.6 Å². The third kappa shape index (κ3) is 2.29. The molecule has 4 atom stereocenters. The van der Waals surface area contributed by atoms with Crippen LogP contribution in [-0.2, 0) is 9.47 Å². The van der Waals surface area contributed by atoms with E-state index in [4.69, 9.17) is 14.9 Å². The first-order valence-corrected chi connectivity index (χ1v) is 10.5. The molecule has 1 aromatic carbocycles. The van der Waals surface area contributed by atoms with Crippen molar-refractivity contribution in [3.8, 4) is 18.2 Å². The Bertz CT molecular complexity index is 967. The van der Waals surface area contributed by atoms with Crippen LogP contribution in [0.25, 0.3) is 0 Å². The van der Waals surface area contributed by atoms with Crippen LogP contribution in [0.4, 0.5) is 5.69 Å². The third-order valence-electron chi connectivity index (χ3n) is 7.14. The van der Waals surface area contributed by atoms with Gasteiger partial charge in [-0.1, -0.05) is 18.6 Å². The molecule has 7 heteroatoms. The van der Waals surface area contributed by atoms with Crippen LogP contribution in [0.2, 0.25) is 0 Å². The van der Waals surface area contributed by atoms with E-state index in [-0.39, 0.29) is 5.90 Å². The van der Waals surface area contributed by atoms with Crippen molar-refractivity contribution in [1.82, 2.24) is 0 Å². The number of nitrogens with one attached hydrogen (secondary N) is 1. The monoisotopic (exact) mass is 403 g/mol. The Morgan fingerprint density at radius 2 is 1.73 bits per heavy atom. The van der Waals surface area contributed by atoms with Crippen molar-refractivity contribution in [1.29, 1.82) is 21.2 Å². The SMILES string of the molecule is CCN(CC)c1ccc(C2OC34CCCCC3C(C#N)(C(=N)O4)C2(C#N)C#N)cc1. The van der Waals surface area contributed by atoms with Gasteiger partial charge >= 0.3 is 0 Å². The molecule has 1 saturated carbocycles. The Hall–Kier alpha value is -3.08. The normalized spacial score (nSPS) is 33.4. The first-order chi connectivity index (χ1) is 14.5. The van der Waals surface area contributed by atoms with Gasteiger partial charge in [0.25, 0.3) is 0 Å². The number of nitrogens with zero attached hydrogens (tertiary/aromatic N) is 4. The lowest BCUT2D eigenvalue weighted by Gasteiger charge is -2.51. The van der Waals surface area contributed by atoms with Gasteiger partial charge in [-0.3, -0.25) is 5.41 Å². The topological polar surface area (TPSA) is 117 Å². The van der Waals surface area contributed by atoms with E-state index in [0.29, 0.717) is 18.4 Å². The molecule has 3 fully saturated rings. The van der Waals surface area contributed by atoms with Gasteiger partial charge in [-0.15, -0.1) is 0 Å². The number of rotatable bonds is 4. The minimum absolute atomic E-state index is 0.303. The maximum absolute atomic E-state index is 10.3. The summed E-state index contributed by atoms with van der Waals surface area (Å²) in [6, 6.07) is 14.0. The second-order valence-corrected chi connectivity index (χ2v) is 8.25. The first kappa shape index (κ1) is 20.2. The first-order valence-electron chi connectivity index (χ1n) is 10.5. The summed E-state index contributed by atoms with van der Waals surface area (Å²) in [6.45, 7) is 5.89. The number of ether oxygens (including phenoxy) is 2. The minimum Gasteiger partial charge on any atom is -0.447 e. The van der Waals surface area contributed by atoms with Gasteiger partial charge in [0, 0.05) is 25.2 Å². The molecule has 30 heavy (non-hydrogen) atoms. The molecule has 1 N–H and O–H groups in total. The average molecular weight is 403 g/mol. The van der Waals surface area contributed by atoms with Crippen molar-refractivity contribution in [2.45, 2.75) is 51.4 Å². The number of hydrogen-bond donors (Lipinski definition) is 1. The molecule has 7 nitrogen and oxygen atoms in total. The second-order valence-electron chi connectivity index (χ2n) is 8.25. The van der Waals surface area contributed by atoms with E-state index in [0.717, 1.165) is 31.6 Å². The van der Waals surface area contributed by atoms with Gasteiger partial charge in [0.15, 0.2) is 5.41 Å². The molecule has 1 aromatic rings. The van der Waals surface area contributed by atoms with Crippen molar-refractivity contribution in [3.05, 3.63) is 29.8 Å². The Labute approximate surface area is 176 Å². The molecule has 1 aliphatic carbocycles. The summed E-state index contributed by atoms with van der Waals surface area (Å²) in [5.41, 5.74) is -1.82. The van der Waals surface area contributed by atoms with Crippen LogP contribution in [0.15, 0.2) is 24.3 Å². The predicted molar refractivity (Wildman–Crippen MR) is 109 cm³/mol. The zero-order valence-electron chi connectivity index (χ0n) is 17.3. The van der Waals surface area contributed by atoms with Gasteiger partial charge in [-0.05, 0) is 44.4 Å². The van der Waals surface area contributed by atoms with Gasteiger partial charge in [0.1, 0.15) is 6.10 Å². The molecule has 2 saturated heterocycles. The van der Waals surface area contributed by atoms with Crippen LogP contribution in [0.3, 0.4) is 0 Å². The van der Waals surface area contributed by atoms with E-state index < -0.39 is 28.6 Å². The largest absolute Gasteiger partial charge is 0.447 e. The fraction of sp³-hybridized carbons (Fsp3) is 0.565. The van der Waals surface area contributed by atoms with Crippen molar-refractivity contribution < 1.29 is 9.47 Å². The summed E-state index contributed by atoms with van der Waals surface area (Å²) in [4.78, 5) is 2.20. The van der Waals surface area contributed by atoms with E-state index in [1.807, 2.05) is 24.3 Å². The van der Waals surface area contributed by atoms with E-state index >= 15 is 0 Å². The summed E-state index contributed by atoms with van der Waals surface area (Å²) in [5, 5.41) is 39.3. The van der Waals surface area contributed by atoms with E-state index in [2.05, 4.69) is 37.0 Å². The summed E-state index contributed by atoms with van der Waals surface area (Å²) >= 11 is 0. The Balaban J connectivity index is 1.87. The lowest BCUT2D eigenvalue weighted by Crippen LogP contribution is -2.60. The van der Waals surface area contributed by atoms with Crippen LogP contribution >= 0.6 is 0 Å². The highest BCUT2D eigenvalue weighted by Gasteiger charge is 2.80. The standard InChI is InChI=1S/C23H25N5O2/c1-3-28(4-2)17-10-8-16(9-11-17)19-21(13-24,14-25)22(15-26)18-7-5-6-12-23(18,29-19)30-20(22)27/h8-11,18-19,27H,3-7,12H2,1-2H3.